The number of carbonyl (C=O) groups is 1. The van der Waals surface area contributed by atoms with E-state index in [-0.39, 0.29) is 17.8 Å². The van der Waals surface area contributed by atoms with Gasteiger partial charge in [0, 0.05) is 12.6 Å². The Balaban J connectivity index is 2.02. The molecule has 122 valence electrons. The van der Waals surface area contributed by atoms with Crippen molar-refractivity contribution in [2.45, 2.75) is 12.3 Å². The molecule has 0 spiro atoms. The van der Waals surface area contributed by atoms with Crippen LogP contribution in [0, 0.1) is 0 Å². The van der Waals surface area contributed by atoms with Crippen molar-refractivity contribution >= 4 is 5.91 Å². The van der Waals surface area contributed by atoms with Gasteiger partial charge < -0.3 is 10.4 Å². The minimum absolute atomic E-state index is 0.0227. The maximum atomic E-state index is 12.6. The summed E-state index contributed by atoms with van der Waals surface area (Å²) in [7, 11) is 0. The number of nitrogens with one attached hydrogen (secondary N) is 2. The molecular formula is C14H12F3N3O3. The second-order valence-corrected chi connectivity index (χ2v) is 4.66. The molecule has 1 atom stereocenters. The Morgan fingerprint density at radius 2 is 2.04 bits per heavy atom. The summed E-state index contributed by atoms with van der Waals surface area (Å²) < 4.78 is 37.8. The van der Waals surface area contributed by atoms with Crippen molar-refractivity contribution in [3.8, 4) is 0 Å². The first-order valence-corrected chi connectivity index (χ1v) is 6.46. The van der Waals surface area contributed by atoms with E-state index >= 15 is 0 Å². The Kier molecular flexibility index (Phi) is 4.80. The molecule has 3 N–H and O–H groups in total. The number of nitrogens with zero attached hydrogens (tertiary/aromatic N) is 1. The molecule has 0 aliphatic carbocycles. The second kappa shape index (κ2) is 6.61. The fourth-order valence-electron chi connectivity index (χ4n) is 1.79. The number of carbonyl (C=O) groups excluding carboxylic acids is 1. The van der Waals surface area contributed by atoms with E-state index < -0.39 is 29.3 Å². The number of benzene rings is 1. The Labute approximate surface area is 128 Å². The summed E-state index contributed by atoms with van der Waals surface area (Å²) in [5.74, 6) is -0.674. The lowest BCUT2D eigenvalue weighted by Crippen LogP contribution is -2.30. The number of halogens is 3. The number of amides is 1. The molecule has 0 saturated heterocycles. The summed E-state index contributed by atoms with van der Waals surface area (Å²) in [6.45, 7) is -0.305. The highest BCUT2D eigenvalue weighted by Gasteiger charge is 2.30. The molecular weight excluding hydrogens is 315 g/mol. The van der Waals surface area contributed by atoms with Crippen molar-refractivity contribution in [1.29, 1.82) is 0 Å². The van der Waals surface area contributed by atoms with Crippen LogP contribution in [0.4, 0.5) is 13.2 Å². The zero-order valence-electron chi connectivity index (χ0n) is 11.6. The third kappa shape index (κ3) is 4.39. The maximum absolute atomic E-state index is 12.6. The molecule has 0 saturated carbocycles. The van der Waals surface area contributed by atoms with Crippen LogP contribution in [0.25, 0.3) is 0 Å². The largest absolute Gasteiger partial charge is 0.416 e. The quantitative estimate of drug-likeness (QED) is 0.788. The van der Waals surface area contributed by atoms with Gasteiger partial charge in [-0.25, -0.2) is 5.10 Å². The first-order valence-electron chi connectivity index (χ1n) is 6.46. The highest BCUT2D eigenvalue weighted by atomic mass is 19.4. The standard InChI is InChI=1S/C14H12F3N3O3/c15-14(16,17)9-3-1-2-8(6-9)11(21)7-18-13(23)10-4-5-12(22)20-19-10/h1-6,11,21H,7H2,(H,18,23)(H,20,22). The van der Waals surface area contributed by atoms with Gasteiger partial charge in [-0.15, -0.1) is 0 Å². The van der Waals surface area contributed by atoms with Crippen LogP contribution >= 0.6 is 0 Å². The van der Waals surface area contributed by atoms with Crippen molar-refractivity contribution < 1.29 is 23.1 Å². The number of alkyl halides is 3. The Morgan fingerprint density at radius 1 is 1.30 bits per heavy atom. The van der Waals surface area contributed by atoms with Gasteiger partial charge in [-0.1, -0.05) is 12.1 Å². The van der Waals surface area contributed by atoms with Gasteiger partial charge in [0.15, 0.2) is 0 Å². The zero-order chi connectivity index (χ0) is 17.0. The average molecular weight is 327 g/mol. The summed E-state index contributed by atoms with van der Waals surface area (Å²) in [4.78, 5) is 22.6. The average Bonchev–Trinajstić information content (AvgIpc) is 2.52. The summed E-state index contributed by atoms with van der Waals surface area (Å²) in [6, 6.07) is 6.49. The fourth-order valence-corrected chi connectivity index (χ4v) is 1.79. The molecule has 0 radical (unpaired) electrons. The third-order valence-corrected chi connectivity index (χ3v) is 2.97. The number of aromatic nitrogens is 2. The molecule has 0 fully saturated rings. The molecule has 0 aliphatic rings. The molecule has 1 aromatic carbocycles. The maximum Gasteiger partial charge on any atom is 0.416 e. The normalized spacial score (nSPS) is 12.7. The second-order valence-electron chi connectivity index (χ2n) is 4.66. The smallest absolute Gasteiger partial charge is 0.387 e. The van der Waals surface area contributed by atoms with E-state index in [4.69, 9.17) is 0 Å². The first kappa shape index (κ1) is 16.7. The van der Waals surface area contributed by atoms with Crippen molar-refractivity contribution in [3.05, 3.63) is 63.6 Å². The Hall–Kier alpha value is -2.68. The predicted molar refractivity (Wildman–Crippen MR) is 73.6 cm³/mol. The van der Waals surface area contributed by atoms with Gasteiger partial charge in [-0.2, -0.15) is 18.3 Å². The lowest BCUT2D eigenvalue weighted by Gasteiger charge is -2.14. The summed E-state index contributed by atoms with van der Waals surface area (Å²) >= 11 is 0. The molecule has 1 aromatic heterocycles. The van der Waals surface area contributed by atoms with Crippen molar-refractivity contribution in [1.82, 2.24) is 15.5 Å². The topological polar surface area (TPSA) is 95.1 Å². The number of aromatic amines is 1. The van der Waals surface area contributed by atoms with Gasteiger partial charge in [-0.3, -0.25) is 9.59 Å². The molecule has 0 bridgehead atoms. The molecule has 1 amide bonds. The van der Waals surface area contributed by atoms with Crippen LogP contribution in [0.3, 0.4) is 0 Å². The van der Waals surface area contributed by atoms with Gasteiger partial charge >= 0.3 is 6.18 Å². The molecule has 2 aromatic rings. The van der Waals surface area contributed by atoms with Crippen LogP contribution in [-0.4, -0.2) is 27.8 Å². The minimum atomic E-state index is -4.52. The highest BCUT2D eigenvalue weighted by Crippen LogP contribution is 2.30. The number of aliphatic hydroxyl groups is 1. The Bertz CT molecular complexity index is 738. The van der Waals surface area contributed by atoms with Crippen LogP contribution in [-0.2, 0) is 6.18 Å². The van der Waals surface area contributed by atoms with Crippen LogP contribution in [0.2, 0.25) is 0 Å². The van der Waals surface area contributed by atoms with E-state index in [2.05, 4.69) is 15.5 Å². The molecule has 23 heavy (non-hydrogen) atoms. The first-order chi connectivity index (χ1) is 10.8. The number of rotatable bonds is 4. The number of hydrogen-bond donors (Lipinski definition) is 3. The molecule has 9 heteroatoms. The fraction of sp³-hybridized carbons (Fsp3) is 0.214. The molecule has 1 heterocycles. The van der Waals surface area contributed by atoms with Gasteiger partial charge in [0.2, 0.25) is 0 Å². The molecule has 6 nitrogen and oxygen atoms in total. The number of aliphatic hydroxyl groups excluding tert-OH is 1. The third-order valence-electron chi connectivity index (χ3n) is 2.97. The van der Waals surface area contributed by atoms with E-state index in [0.717, 1.165) is 18.2 Å². The Morgan fingerprint density at radius 3 is 2.65 bits per heavy atom. The SMILES string of the molecule is O=C(NCC(O)c1cccc(C(F)(F)F)c1)c1ccc(=O)[nH]n1. The zero-order valence-corrected chi connectivity index (χ0v) is 11.6. The van der Waals surface area contributed by atoms with E-state index in [1.165, 1.54) is 18.2 Å². The van der Waals surface area contributed by atoms with Gasteiger partial charge in [0.05, 0.1) is 11.7 Å². The minimum Gasteiger partial charge on any atom is -0.387 e. The van der Waals surface area contributed by atoms with Crippen LogP contribution < -0.4 is 10.9 Å². The van der Waals surface area contributed by atoms with E-state index in [9.17, 15) is 27.9 Å². The van der Waals surface area contributed by atoms with E-state index in [0.29, 0.717) is 0 Å². The van der Waals surface area contributed by atoms with Gasteiger partial charge in [0.25, 0.3) is 11.5 Å². The number of H-pyrrole nitrogens is 1. The van der Waals surface area contributed by atoms with E-state index in [1.54, 1.807) is 0 Å². The van der Waals surface area contributed by atoms with Crippen molar-refractivity contribution in [2.24, 2.45) is 0 Å². The van der Waals surface area contributed by atoms with Crippen molar-refractivity contribution in [3.63, 3.8) is 0 Å². The van der Waals surface area contributed by atoms with Crippen LogP contribution in [0.15, 0.2) is 41.2 Å². The summed E-state index contributed by atoms with van der Waals surface area (Å²) in [6.07, 6.45) is -5.83. The summed E-state index contributed by atoms with van der Waals surface area (Å²) in [5.41, 5.74) is -1.43. The van der Waals surface area contributed by atoms with Crippen molar-refractivity contribution in [2.75, 3.05) is 6.54 Å². The van der Waals surface area contributed by atoms with Gasteiger partial charge in [0.1, 0.15) is 5.69 Å². The highest BCUT2D eigenvalue weighted by molar-refractivity contribution is 5.91. The summed E-state index contributed by atoms with van der Waals surface area (Å²) in [5, 5.41) is 17.8. The molecule has 2 rings (SSSR count). The van der Waals surface area contributed by atoms with E-state index in [1.807, 2.05) is 0 Å². The monoisotopic (exact) mass is 327 g/mol. The van der Waals surface area contributed by atoms with Crippen LogP contribution in [0.1, 0.15) is 27.7 Å². The number of hydrogen-bond acceptors (Lipinski definition) is 4. The van der Waals surface area contributed by atoms with Crippen LogP contribution in [0.5, 0.6) is 0 Å². The molecule has 0 aliphatic heterocycles. The predicted octanol–water partition coefficient (Wildman–Crippen LogP) is 1.25. The lowest BCUT2D eigenvalue weighted by molar-refractivity contribution is -0.137. The molecule has 1 unspecified atom stereocenters. The van der Waals surface area contributed by atoms with Gasteiger partial charge in [-0.05, 0) is 23.8 Å². The lowest BCUT2D eigenvalue weighted by atomic mass is 10.1.